The fraction of sp³-hybridized carbons (Fsp3) is 0.625. The third-order valence-corrected chi connectivity index (χ3v) is 4.32. The first-order valence-electron chi connectivity index (χ1n) is 7.61. The van der Waals surface area contributed by atoms with Crippen molar-refractivity contribution in [3.8, 4) is 0 Å². The van der Waals surface area contributed by atoms with Gasteiger partial charge in [0.05, 0.1) is 0 Å². The van der Waals surface area contributed by atoms with E-state index in [0.717, 1.165) is 38.3 Å². The summed E-state index contributed by atoms with van der Waals surface area (Å²) in [6, 6.07) is 5.56. The zero-order valence-electron chi connectivity index (χ0n) is 12.8. The summed E-state index contributed by atoms with van der Waals surface area (Å²) >= 11 is 0. The summed E-state index contributed by atoms with van der Waals surface area (Å²) in [7, 11) is 0. The van der Waals surface area contributed by atoms with Crippen molar-refractivity contribution in [2.45, 2.75) is 39.3 Å². The highest BCUT2D eigenvalue weighted by molar-refractivity contribution is 5.56. The maximum atomic E-state index is 14.0. The average Bonchev–Trinajstić information content (AvgIpc) is 2.89. The van der Waals surface area contributed by atoms with Crippen molar-refractivity contribution in [1.82, 2.24) is 4.90 Å². The first-order valence-corrected chi connectivity index (χ1v) is 7.61. The van der Waals surface area contributed by atoms with E-state index in [-0.39, 0.29) is 11.9 Å². The Morgan fingerprint density at radius 1 is 1.40 bits per heavy atom. The Morgan fingerprint density at radius 3 is 2.70 bits per heavy atom. The van der Waals surface area contributed by atoms with Crippen LogP contribution >= 0.6 is 0 Å². The molecule has 1 aromatic rings. The van der Waals surface area contributed by atoms with E-state index in [0.29, 0.717) is 11.6 Å². The molecule has 0 spiro atoms. The number of nitrogens with zero attached hydrogens (tertiary/aromatic N) is 2. The standard InChI is InChI=1S/C16H26FN3/c1-4-19(5-2)13-9-10-20(11-13)15-8-6-7-14(17)16(15)12(3)18/h6-8,12-13H,4-5,9-11,18H2,1-3H3/t12-,13?/m0/s1. The van der Waals surface area contributed by atoms with Crippen molar-refractivity contribution in [2.24, 2.45) is 5.73 Å². The molecule has 4 heteroatoms. The number of likely N-dealkylation sites (N-methyl/N-ethyl adjacent to an activating group) is 1. The Labute approximate surface area is 121 Å². The Hall–Kier alpha value is -1.13. The van der Waals surface area contributed by atoms with E-state index in [1.165, 1.54) is 6.07 Å². The third kappa shape index (κ3) is 2.96. The molecule has 20 heavy (non-hydrogen) atoms. The van der Waals surface area contributed by atoms with Crippen molar-refractivity contribution in [2.75, 3.05) is 31.1 Å². The first kappa shape index (κ1) is 15.3. The third-order valence-electron chi connectivity index (χ3n) is 4.32. The van der Waals surface area contributed by atoms with Crippen LogP contribution in [0.1, 0.15) is 38.8 Å². The number of rotatable bonds is 5. The predicted octanol–water partition coefficient (Wildman–Crippen LogP) is 2.77. The van der Waals surface area contributed by atoms with Gasteiger partial charge in [0.15, 0.2) is 0 Å². The van der Waals surface area contributed by atoms with Crippen LogP contribution < -0.4 is 10.6 Å². The van der Waals surface area contributed by atoms with Crippen molar-refractivity contribution in [3.63, 3.8) is 0 Å². The summed E-state index contributed by atoms with van der Waals surface area (Å²) in [6.07, 6.45) is 1.14. The molecule has 0 aromatic heterocycles. The molecule has 0 aliphatic carbocycles. The molecule has 0 radical (unpaired) electrons. The molecule has 1 fully saturated rings. The molecule has 1 aromatic carbocycles. The minimum atomic E-state index is -0.279. The van der Waals surface area contributed by atoms with Crippen LogP contribution in [-0.4, -0.2) is 37.1 Å². The van der Waals surface area contributed by atoms with Crippen molar-refractivity contribution < 1.29 is 4.39 Å². The van der Waals surface area contributed by atoms with Crippen LogP contribution in [0.2, 0.25) is 0 Å². The number of nitrogens with two attached hydrogens (primary N) is 1. The predicted molar refractivity (Wildman–Crippen MR) is 82.5 cm³/mol. The Bertz CT molecular complexity index is 443. The van der Waals surface area contributed by atoms with Gasteiger partial charge in [-0.25, -0.2) is 4.39 Å². The van der Waals surface area contributed by atoms with Gasteiger partial charge in [-0.15, -0.1) is 0 Å². The topological polar surface area (TPSA) is 32.5 Å². The molecule has 0 bridgehead atoms. The monoisotopic (exact) mass is 279 g/mol. The average molecular weight is 279 g/mol. The van der Waals surface area contributed by atoms with E-state index in [1.807, 2.05) is 13.0 Å². The molecule has 1 aliphatic heterocycles. The van der Waals surface area contributed by atoms with Gasteiger partial charge in [-0.3, -0.25) is 4.90 Å². The van der Waals surface area contributed by atoms with Gasteiger partial charge in [0.25, 0.3) is 0 Å². The van der Waals surface area contributed by atoms with Crippen LogP contribution in [0.5, 0.6) is 0 Å². The van der Waals surface area contributed by atoms with Gasteiger partial charge in [-0.05, 0) is 38.6 Å². The van der Waals surface area contributed by atoms with Crippen molar-refractivity contribution in [3.05, 3.63) is 29.6 Å². The molecule has 0 saturated carbocycles. The molecule has 1 unspecified atom stereocenters. The minimum Gasteiger partial charge on any atom is -0.370 e. The number of halogens is 1. The lowest BCUT2D eigenvalue weighted by Crippen LogP contribution is -2.37. The molecule has 1 saturated heterocycles. The maximum Gasteiger partial charge on any atom is 0.130 e. The molecule has 1 heterocycles. The van der Waals surface area contributed by atoms with E-state index in [1.54, 1.807) is 6.07 Å². The number of anilines is 1. The number of hydrogen-bond acceptors (Lipinski definition) is 3. The fourth-order valence-corrected chi connectivity index (χ4v) is 3.25. The quantitative estimate of drug-likeness (QED) is 0.899. The second-order valence-electron chi connectivity index (χ2n) is 5.57. The Kier molecular flexibility index (Phi) is 5.00. The van der Waals surface area contributed by atoms with Gasteiger partial charge in [-0.2, -0.15) is 0 Å². The lowest BCUT2D eigenvalue weighted by molar-refractivity contribution is 0.232. The zero-order chi connectivity index (χ0) is 14.7. The summed E-state index contributed by atoms with van der Waals surface area (Å²) in [4.78, 5) is 4.76. The highest BCUT2D eigenvalue weighted by Crippen LogP contribution is 2.31. The summed E-state index contributed by atoms with van der Waals surface area (Å²) in [6.45, 7) is 10.3. The molecule has 2 N–H and O–H groups in total. The lowest BCUT2D eigenvalue weighted by Gasteiger charge is -2.28. The van der Waals surface area contributed by atoms with E-state index >= 15 is 0 Å². The Balaban J connectivity index is 2.20. The van der Waals surface area contributed by atoms with Crippen molar-refractivity contribution in [1.29, 1.82) is 0 Å². The van der Waals surface area contributed by atoms with E-state index < -0.39 is 0 Å². The lowest BCUT2D eigenvalue weighted by atomic mass is 10.1. The van der Waals surface area contributed by atoms with Crippen LogP contribution in [-0.2, 0) is 0 Å². The molecular weight excluding hydrogens is 253 g/mol. The first-order chi connectivity index (χ1) is 9.58. The summed E-state index contributed by atoms with van der Waals surface area (Å²) in [5.41, 5.74) is 7.57. The zero-order valence-corrected chi connectivity index (χ0v) is 12.8. The second kappa shape index (κ2) is 6.55. The molecule has 2 rings (SSSR count). The molecule has 2 atom stereocenters. The SMILES string of the molecule is CCN(CC)C1CCN(c2cccc(F)c2[C@H](C)N)C1. The normalized spacial score (nSPS) is 20.7. The van der Waals surface area contributed by atoms with Crippen molar-refractivity contribution >= 4 is 5.69 Å². The van der Waals surface area contributed by atoms with Gasteiger partial charge >= 0.3 is 0 Å². The van der Waals surface area contributed by atoms with E-state index in [4.69, 9.17) is 5.73 Å². The minimum absolute atomic E-state index is 0.191. The molecule has 1 aliphatic rings. The second-order valence-corrected chi connectivity index (χ2v) is 5.57. The van der Waals surface area contributed by atoms with Gasteiger partial charge in [-0.1, -0.05) is 19.9 Å². The molecule has 112 valence electrons. The van der Waals surface area contributed by atoms with Crippen LogP contribution in [0.25, 0.3) is 0 Å². The summed E-state index contributed by atoms with van der Waals surface area (Å²) in [5.74, 6) is -0.191. The van der Waals surface area contributed by atoms with Crippen LogP contribution in [0.4, 0.5) is 10.1 Å². The summed E-state index contributed by atoms with van der Waals surface area (Å²) < 4.78 is 14.0. The van der Waals surface area contributed by atoms with Gasteiger partial charge in [0.2, 0.25) is 0 Å². The van der Waals surface area contributed by atoms with Gasteiger partial charge in [0.1, 0.15) is 5.82 Å². The molecule has 3 nitrogen and oxygen atoms in total. The Morgan fingerprint density at radius 2 is 2.10 bits per heavy atom. The number of benzene rings is 1. The van der Waals surface area contributed by atoms with Crippen LogP contribution in [0.15, 0.2) is 18.2 Å². The number of hydrogen-bond donors (Lipinski definition) is 1. The fourth-order valence-electron chi connectivity index (χ4n) is 3.25. The highest BCUT2D eigenvalue weighted by Gasteiger charge is 2.28. The van der Waals surface area contributed by atoms with Crippen LogP contribution in [0.3, 0.4) is 0 Å². The molecular formula is C16H26FN3. The highest BCUT2D eigenvalue weighted by atomic mass is 19.1. The van der Waals surface area contributed by atoms with E-state index in [9.17, 15) is 4.39 Å². The smallest absolute Gasteiger partial charge is 0.130 e. The van der Waals surface area contributed by atoms with Gasteiger partial charge < -0.3 is 10.6 Å². The van der Waals surface area contributed by atoms with Crippen LogP contribution in [0, 0.1) is 5.82 Å². The summed E-state index contributed by atoms with van der Waals surface area (Å²) in [5, 5.41) is 0. The maximum absolute atomic E-state index is 14.0. The van der Waals surface area contributed by atoms with Gasteiger partial charge in [0, 0.05) is 36.4 Å². The molecule has 0 amide bonds. The largest absolute Gasteiger partial charge is 0.370 e. The van der Waals surface area contributed by atoms with E-state index in [2.05, 4.69) is 23.6 Å².